The van der Waals surface area contributed by atoms with Gasteiger partial charge in [-0.3, -0.25) is 9.58 Å². The van der Waals surface area contributed by atoms with Gasteiger partial charge in [0.15, 0.2) is 10.8 Å². The predicted octanol–water partition coefficient (Wildman–Crippen LogP) is 2.65. The number of hydrogen-bond acceptors (Lipinski definition) is 7. The van der Waals surface area contributed by atoms with Crippen LogP contribution in [0.25, 0.3) is 11.0 Å². The first-order valence-electron chi connectivity index (χ1n) is 8.55. The number of nitrogens with one attached hydrogen (secondary N) is 1. The number of fused-ring (bicyclic) bond motifs is 1. The van der Waals surface area contributed by atoms with E-state index in [9.17, 15) is 4.39 Å². The van der Waals surface area contributed by atoms with E-state index in [-0.39, 0.29) is 12.1 Å². The Balaban J connectivity index is 1.47. The zero-order valence-corrected chi connectivity index (χ0v) is 15.8. The summed E-state index contributed by atoms with van der Waals surface area (Å²) in [6.45, 7) is 3.44. The Morgan fingerprint density at radius 2 is 2.31 bits per heavy atom. The number of pyridine rings is 1. The molecule has 0 bridgehead atoms. The fraction of sp³-hybridized carbons (Fsp3) is 0.471. The van der Waals surface area contributed by atoms with E-state index in [0.717, 1.165) is 24.1 Å². The van der Waals surface area contributed by atoms with E-state index in [4.69, 9.17) is 4.74 Å². The second kappa shape index (κ2) is 6.81. The monoisotopic (exact) mass is 376 g/mol. The molecule has 0 amide bonds. The summed E-state index contributed by atoms with van der Waals surface area (Å²) in [7, 11) is 3.62. The fourth-order valence-electron chi connectivity index (χ4n) is 3.37. The van der Waals surface area contributed by atoms with Gasteiger partial charge in [0.1, 0.15) is 11.9 Å². The van der Waals surface area contributed by atoms with Crippen molar-refractivity contribution >= 4 is 27.5 Å². The average Bonchev–Trinajstić information content (AvgIpc) is 3.26. The summed E-state index contributed by atoms with van der Waals surface area (Å²) < 4.78 is 22.0. The van der Waals surface area contributed by atoms with E-state index >= 15 is 0 Å². The number of anilines is 1. The molecule has 1 saturated heterocycles. The van der Waals surface area contributed by atoms with Crippen LogP contribution >= 0.6 is 11.3 Å². The number of thiazole rings is 1. The van der Waals surface area contributed by atoms with E-state index in [1.165, 1.54) is 11.3 Å². The molecule has 4 rings (SSSR count). The lowest BCUT2D eigenvalue weighted by molar-refractivity contribution is 0.196. The molecule has 2 atom stereocenters. The normalized spacial score (nSPS) is 20.8. The quantitative estimate of drug-likeness (QED) is 0.738. The molecule has 0 saturated carbocycles. The standard InChI is InChI=1S/C17H21FN6OS/c1-10-6-11(7-24(10)9-14-15(18)21-17(19-2)26-14)25-13-4-5-20-16-12(13)8-23(3)22-16/h4-5,8,10-11H,6-7,9H2,1-3H3,(H,19,21). The van der Waals surface area contributed by atoms with Gasteiger partial charge in [0, 0.05) is 52.0 Å². The number of rotatable bonds is 5. The Hall–Kier alpha value is -2.26. The molecule has 0 radical (unpaired) electrons. The summed E-state index contributed by atoms with van der Waals surface area (Å²) in [6, 6.07) is 2.19. The lowest BCUT2D eigenvalue weighted by Crippen LogP contribution is -2.28. The van der Waals surface area contributed by atoms with Crippen LogP contribution in [0.4, 0.5) is 9.52 Å². The summed E-state index contributed by atoms with van der Waals surface area (Å²) in [6.07, 6.45) is 4.58. The van der Waals surface area contributed by atoms with Crippen molar-refractivity contribution in [3.05, 3.63) is 29.3 Å². The van der Waals surface area contributed by atoms with Gasteiger partial charge in [0.2, 0.25) is 5.95 Å². The maximum absolute atomic E-state index is 14.0. The Bertz CT molecular complexity index is 925. The maximum atomic E-state index is 14.0. The second-order valence-electron chi connectivity index (χ2n) is 6.59. The van der Waals surface area contributed by atoms with Gasteiger partial charge in [-0.2, -0.15) is 14.5 Å². The highest BCUT2D eigenvalue weighted by Crippen LogP contribution is 2.30. The zero-order chi connectivity index (χ0) is 18.3. The van der Waals surface area contributed by atoms with Gasteiger partial charge >= 0.3 is 0 Å². The largest absolute Gasteiger partial charge is 0.488 e. The highest BCUT2D eigenvalue weighted by atomic mass is 32.1. The third-order valence-corrected chi connectivity index (χ3v) is 5.70. The first kappa shape index (κ1) is 17.2. The van der Waals surface area contributed by atoms with E-state index in [1.54, 1.807) is 17.9 Å². The van der Waals surface area contributed by atoms with Gasteiger partial charge in [-0.15, -0.1) is 0 Å². The van der Waals surface area contributed by atoms with Crippen LogP contribution in [0.5, 0.6) is 5.75 Å². The lowest BCUT2D eigenvalue weighted by Gasteiger charge is -2.19. The van der Waals surface area contributed by atoms with Crippen molar-refractivity contribution in [2.24, 2.45) is 7.05 Å². The van der Waals surface area contributed by atoms with Crippen LogP contribution in [0.2, 0.25) is 0 Å². The summed E-state index contributed by atoms with van der Waals surface area (Å²) >= 11 is 1.36. The molecule has 138 valence electrons. The number of ether oxygens (including phenoxy) is 1. The first-order chi connectivity index (χ1) is 12.5. The summed E-state index contributed by atoms with van der Waals surface area (Å²) in [4.78, 5) is 11.0. The van der Waals surface area contributed by atoms with Crippen molar-refractivity contribution in [3.8, 4) is 5.75 Å². The zero-order valence-electron chi connectivity index (χ0n) is 14.9. The molecular formula is C17H21FN6OS. The SMILES string of the molecule is CNc1nc(F)c(CN2CC(Oc3ccnc4nn(C)cc34)CC2C)s1. The molecule has 0 aliphatic carbocycles. The number of likely N-dealkylation sites (tertiary alicyclic amines) is 1. The Labute approximate surface area is 154 Å². The highest BCUT2D eigenvalue weighted by Gasteiger charge is 2.32. The molecule has 1 N–H and O–H groups in total. The summed E-state index contributed by atoms with van der Waals surface area (Å²) in [5.74, 6) is 0.408. The number of aryl methyl sites for hydroxylation is 1. The molecule has 26 heavy (non-hydrogen) atoms. The minimum atomic E-state index is -0.387. The molecule has 1 aliphatic heterocycles. The molecule has 2 unspecified atom stereocenters. The smallest absolute Gasteiger partial charge is 0.230 e. The van der Waals surface area contributed by atoms with Gasteiger partial charge in [-0.1, -0.05) is 11.3 Å². The molecular weight excluding hydrogens is 355 g/mol. The molecule has 1 fully saturated rings. The summed E-state index contributed by atoms with van der Waals surface area (Å²) in [5, 5.41) is 8.73. The van der Waals surface area contributed by atoms with Gasteiger partial charge in [0.05, 0.1) is 10.3 Å². The van der Waals surface area contributed by atoms with Crippen LogP contribution in [0, 0.1) is 5.95 Å². The Morgan fingerprint density at radius 3 is 3.08 bits per heavy atom. The molecule has 9 heteroatoms. The predicted molar refractivity (Wildman–Crippen MR) is 99.0 cm³/mol. The number of nitrogens with zero attached hydrogens (tertiary/aromatic N) is 5. The van der Waals surface area contributed by atoms with Crippen LogP contribution in [-0.4, -0.2) is 50.4 Å². The van der Waals surface area contributed by atoms with Crippen molar-refractivity contribution < 1.29 is 9.13 Å². The van der Waals surface area contributed by atoms with Crippen LogP contribution in [-0.2, 0) is 13.6 Å². The van der Waals surface area contributed by atoms with Gasteiger partial charge < -0.3 is 10.1 Å². The maximum Gasteiger partial charge on any atom is 0.230 e. The van der Waals surface area contributed by atoms with E-state index in [2.05, 4.69) is 32.2 Å². The second-order valence-corrected chi connectivity index (χ2v) is 7.67. The molecule has 0 spiro atoms. The highest BCUT2D eigenvalue weighted by molar-refractivity contribution is 7.15. The van der Waals surface area contributed by atoms with Crippen LogP contribution in [0.15, 0.2) is 18.5 Å². The van der Waals surface area contributed by atoms with Crippen molar-refractivity contribution in [2.45, 2.75) is 32.0 Å². The minimum Gasteiger partial charge on any atom is -0.488 e. The Morgan fingerprint density at radius 1 is 1.46 bits per heavy atom. The molecule has 3 aromatic heterocycles. The van der Waals surface area contributed by atoms with Crippen molar-refractivity contribution in [2.75, 3.05) is 18.9 Å². The molecule has 0 aromatic carbocycles. The average molecular weight is 376 g/mol. The van der Waals surface area contributed by atoms with Crippen molar-refractivity contribution in [1.82, 2.24) is 24.6 Å². The first-order valence-corrected chi connectivity index (χ1v) is 9.37. The molecule has 1 aliphatic rings. The van der Waals surface area contributed by atoms with Crippen LogP contribution < -0.4 is 10.1 Å². The fourth-order valence-corrected chi connectivity index (χ4v) is 4.19. The molecule has 7 nitrogen and oxygen atoms in total. The van der Waals surface area contributed by atoms with E-state index in [1.807, 2.05) is 19.3 Å². The minimum absolute atomic E-state index is 0.0514. The van der Waals surface area contributed by atoms with Crippen molar-refractivity contribution in [1.29, 1.82) is 0 Å². The summed E-state index contributed by atoms with van der Waals surface area (Å²) in [5.41, 5.74) is 0.680. The molecule has 3 aromatic rings. The van der Waals surface area contributed by atoms with Gasteiger partial charge in [-0.25, -0.2) is 4.98 Å². The number of aromatic nitrogens is 4. The van der Waals surface area contributed by atoms with Gasteiger partial charge in [-0.05, 0) is 13.0 Å². The molecule has 4 heterocycles. The Kier molecular flexibility index (Phi) is 4.49. The van der Waals surface area contributed by atoms with Crippen LogP contribution in [0.3, 0.4) is 0 Å². The topological polar surface area (TPSA) is 68.1 Å². The third kappa shape index (κ3) is 3.24. The number of hydrogen-bond donors (Lipinski definition) is 1. The van der Waals surface area contributed by atoms with Crippen LogP contribution in [0.1, 0.15) is 18.2 Å². The third-order valence-electron chi connectivity index (χ3n) is 4.67. The van der Waals surface area contributed by atoms with Crippen molar-refractivity contribution in [3.63, 3.8) is 0 Å². The lowest BCUT2D eigenvalue weighted by atomic mass is 10.2. The van der Waals surface area contributed by atoms with E-state index in [0.29, 0.717) is 28.2 Å². The number of halogens is 1. The van der Waals surface area contributed by atoms with E-state index < -0.39 is 0 Å². The van der Waals surface area contributed by atoms with Gasteiger partial charge in [0.25, 0.3) is 0 Å².